The minimum Gasteiger partial charge on any atom is -0.178 e. The van der Waals surface area contributed by atoms with Crippen LogP contribution in [0.3, 0.4) is 0 Å². The highest BCUT2D eigenvalue weighted by molar-refractivity contribution is 5.31. The predicted octanol–water partition coefficient (Wildman–Crippen LogP) is 4.68. The molecule has 0 spiro atoms. The van der Waals surface area contributed by atoms with Gasteiger partial charge >= 0.3 is 0 Å². The topological polar surface area (TPSA) is 24.7 Å². The average Bonchev–Trinajstić information content (AvgIpc) is 2.48. The van der Waals surface area contributed by atoms with Gasteiger partial charge in [-0.15, -0.1) is 0 Å². The monoisotopic (exact) mass is 207 g/mol. The molecule has 0 N–H and O–H groups in total. The lowest BCUT2D eigenvalue weighted by atomic mass is 9.84. The SMILES string of the molecule is [CH2]C1(CCC)N=NC(CCC)=C1CCC. The predicted molar refractivity (Wildman–Crippen MR) is 64.7 cm³/mol. The Hall–Kier alpha value is -0.660. The van der Waals surface area contributed by atoms with Gasteiger partial charge in [-0.05, 0) is 31.8 Å². The van der Waals surface area contributed by atoms with E-state index in [2.05, 4.69) is 37.9 Å². The van der Waals surface area contributed by atoms with Crippen molar-refractivity contribution in [2.24, 2.45) is 10.2 Å². The van der Waals surface area contributed by atoms with Crippen LogP contribution in [-0.2, 0) is 0 Å². The molecule has 0 aromatic rings. The van der Waals surface area contributed by atoms with Gasteiger partial charge in [0.15, 0.2) is 0 Å². The largest absolute Gasteiger partial charge is 0.178 e. The molecule has 0 aliphatic carbocycles. The van der Waals surface area contributed by atoms with Gasteiger partial charge in [0.25, 0.3) is 0 Å². The highest BCUT2D eigenvalue weighted by Gasteiger charge is 2.33. The molecule has 1 rings (SSSR count). The maximum atomic E-state index is 4.40. The van der Waals surface area contributed by atoms with Gasteiger partial charge < -0.3 is 0 Å². The van der Waals surface area contributed by atoms with Crippen molar-refractivity contribution in [3.8, 4) is 0 Å². The fourth-order valence-electron chi connectivity index (χ4n) is 2.22. The van der Waals surface area contributed by atoms with Gasteiger partial charge in [-0.25, -0.2) is 0 Å². The van der Waals surface area contributed by atoms with Crippen molar-refractivity contribution >= 4 is 0 Å². The number of hydrogen-bond donors (Lipinski definition) is 0. The summed E-state index contributed by atoms with van der Waals surface area (Å²) in [7, 11) is 0. The number of azo groups is 1. The maximum absolute atomic E-state index is 4.40. The molecule has 1 atom stereocenters. The molecule has 1 aliphatic heterocycles. The average molecular weight is 207 g/mol. The van der Waals surface area contributed by atoms with E-state index in [0.717, 1.165) is 38.5 Å². The van der Waals surface area contributed by atoms with Gasteiger partial charge in [-0.2, -0.15) is 10.2 Å². The van der Waals surface area contributed by atoms with Crippen molar-refractivity contribution in [3.63, 3.8) is 0 Å². The van der Waals surface area contributed by atoms with Crippen LogP contribution in [0.25, 0.3) is 0 Å². The smallest absolute Gasteiger partial charge is 0.105 e. The van der Waals surface area contributed by atoms with Crippen molar-refractivity contribution in [2.45, 2.75) is 64.8 Å². The third kappa shape index (κ3) is 2.67. The Morgan fingerprint density at radius 2 is 1.73 bits per heavy atom. The molecule has 1 unspecified atom stereocenters. The van der Waals surface area contributed by atoms with E-state index in [0.29, 0.717) is 0 Å². The number of hydrogen-bond acceptors (Lipinski definition) is 2. The summed E-state index contributed by atoms with van der Waals surface area (Å²) < 4.78 is 0. The fraction of sp³-hybridized carbons (Fsp3) is 0.769. The van der Waals surface area contributed by atoms with Crippen molar-refractivity contribution in [1.82, 2.24) is 0 Å². The van der Waals surface area contributed by atoms with Crippen LogP contribution in [0.15, 0.2) is 21.5 Å². The number of nitrogens with zero attached hydrogens (tertiary/aromatic N) is 2. The minimum absolute atomic E-state index is 0.227. The molecule has 1 radical (unpaired) electrons. The highest BCUT2D eigenvalue weighted by Crippen LogP contribution is 2.39. The summed E-state index contributed by atoms with van der Waals surface area (Å²) in [5.74, 6) is 0. The van der Waals surface area contributed by atoms with Crippen LogP contribution in [0.2, 0.25) is 0 Å². The summed E-state index contributed by atoms with van der Waals surface area (Å²) in [6, 6.07) is 0. The van der Waals surface area contributed by atoms with E-state index in [9.17, 15) is 0 Å². The molecular formula is C13H23N2. The van der Waals surface area contributed by atoms with Crippen molar-refractivity contribution < 1.29 is 0 Å². The molecule has 15 heavy (non-hydrogen) atoms. The summed E-state index contributed by atoms with van der Waals surface area (Å²) in [5, 5.41) is 8.74. The molecular weight excluding hydrogens is 184 g/mol. The van der Waals surface area contributed by atoms with Crippen LogP contribution < -0.4 is 0 Å². The van der Waals surface area contributed by atoms with Gasteiger partial charge in [-0.1, -0.05) is 40.0 Å². The van der Waals surface area contributed by atoms with Crippen LogP contribution in [0.5, 0.6) is 0 Å². The second-order valence-corrected chi connectivity index (χ2v) is 4.41. The summed E-state index contributed by atoms with van der Waals surface area (Å²) in [6.45, 7) is 10.9. The molecule has 0 bridgehead atoms. The molecule has 0 saturated carbocycles. The fourth-order valence-corrected chi connectivity index (χ4v) is 2.22. The van der Waals surface area contributed by atoms with E-state index in [-0.39, 0.29) is 5.54 Å². The van der Waals surface area contributed by atoms with Crippen molar-refractivity contribution in [3.05, 3.63) is 18.2 Å². The molecule has 1 aliphatic rings. The zero-order valence-electron chi connectivity index (χ0n) is 10.3. The first kappa shape index (κ1) is 12.4. The lowest BCUT2D eigenvalue weighted by Gasteiger charge is -2.23. The Kier molecular flexibility index (Phi) is 4.49. The zero-order chi connectivity index (χ0) is 11.3. The van der Waals surface area contributed by atoms with E-state index < -0.39 is 0 Å². The Morgan fingerprint density at radius 3 is 2.27 bits per heavy atom. The summed E-state index contributed by atoms with van der Waals surface area (Å²) in [4.78, 5) is 0. The minimum atomic E-state index is -0.227. The number of allylic oxidation sites excluding steroid dienone is 1. The van der Waals surface area contributed by atoms with Gasteiger partial charge in [0.05, 0.1) is 5.70 Å². The van der Waals surface area contributed by atoms with E-state index in [1.165, 1.54) is 11.3 Å². The third-order valence-corrected chi connectivity index (χ3v) is 2.92. The van der Waals surface area contributed by atoms with E-state index in [4.69, 9.17) is 0 Å². The molecule has 0 aromatic heterocycles. The van der Waals surface area contributed by atoms with Gasteiger partial charge in [-0.3, -0.25) is 0 Å². The first-order valence-electron chi connectivity index (χ1n) is 6.18. The summed E-state index contributed by atoms with van der Waals surface area (Å²) in [6.07, 6.45) is 6.61. The van der Waals surface area contributed by atoms with Crippen LogP contribution in [0.1, 0.15) is 59.3 Å². The first-order valence-corrected chi connectivity index (χ1v) is 6.18. The van der Waals surface area contributed by atoms with Crippen LogP contribution in [-0.4, -0.2) is 5.54 Å². The Morgan fingerprint density at radius 1 is 1.07 bits per heavy atom. The van der Waals surface area contributed by atoms with E-state index >= 15 is 0 Å². The van der Waals surface area contributed by atoms with E-state index in [1.807, 2.05) is 0 Å². The molecule has 0 amide bonds. The molecule has 2 nitrogen and oxygen atoms in total. The Balaban J connectivity index is 2.87. The molecule has 0 saturated heterocycles. The number of rotatable bonds is 6. The first-order chi connectivity index (χ1) is 7.18. The quantitative estimate of drug-likeness (QED) is 0.604. The third-order valence-electron chi connectivity index (χ3n) is 2.92. The van der Waals surface area contributed by atoms with E-state index in [1.54, 1.807) is 0 Å². The molecule has 0 fully saturated rings. The second-order valence-electron chi connectivity index (χ2n) is 4.41. The zero-order valence-corrected chi connectivity index (χ0v) is 10.3. The van der Waals surface area contributed by atoms with Crippen molar-refractivity contribution in [2.75, 3.05) is 0 Å². The van der Waals surface area contributed by atoms with Gasteiger partial charge in [0, 0.05) is 0 Å². The van der Waals surface area contributed by atoms with Gasteiger partial charge in [0.2, 0.25) is 0 Å². The molecule has 0 aromatic carbocycles. The van der Waals surface area contributed by atoms with Crippen molar-refractivity contribution in [1.29, 1.82) is 0 Å². The summed E-state index contributed by atoms with van der Waals surface area (Å²) in [5.41, 5.74) is 2.38. The molecule has 85 valence electrons. The second kappa shape index (κ2) is 5.43. The lowest BCUT2D eigenvalue weighted by Crippen LogP contribution is -2.23. The standard InChI is InChI=1S/C13H23N2/c1-5-8-11-12(9-6-2)14-15-13(11,4)10-7-3/h4-10H2,1-3H3. The van der Waals surface area contributed by atoms with Gasteiger partial charge in [0.1, 0.15) is 5.54 Å². The normalized spacial score (nSPS) is 25.3. The maximum Gasteiger partial charge on any atom is 0.105 e. The molecule has 2 heteroatoms. The van der Waals surface area contributed by atoms with Crippen LogP contribution >= 0.6 is 0 Å². The lowest BCUT2D eigenvalue weighted by molar-refractivity contribution is 0.527. The summed E-state index contributed by atoms with van der Waals surface area (Å²) >= 11 is 0. The highest BCUT2D eigenvalue weighted by atomic mass is 15.2. The Bertz CT molecular complexity index is 266. The Labute approximate surface area is 93.9 Å². The van der Waals surface area contributed by atoms with Crippen LogP contribution in [0.4, 0.5) is 0 Å². The molecule has 1 heterocycles. The van der Waals surface area contributed by atoms with Crippen LogP contribution in [0, 0.1) is 6.92 Å².